The molecular weight excluding hydrogens is 372 g/mol. The van der Waals surface area contributed by atoms with Gasteiger partial charge in [-0.1, -0.05) is 18.2 Å². The molecule has 0 aliphatic heterocycles. The number of hydrogen-bond donors (Lipinski definition) is 1. The fourth-order valence-electron chi connectivity index (χ4n) is 2.79. The van der Waals surface area contributed by atoms with E-state index in [1.807, 2.05) is 13.0 Å². The fourth-order valence-corrected chi connectivity index (χ4v) is 2.79. The summed E-state index contributed by atoms with van der Waals surface area (Å²) in [5.41, 5.74) is 1.03. The standard InChI is InChI=1S/C22H22N2O5/c1-4-28-18-11-9-15(13-19(18)27-3)10-12-20(25)29-14(2)21-23-17-8-6-5-7-16(17)22(26)24-21/h5-14H,4H2,1-3H3,(H,23,24,26)/b12-10+/t14-/m1/s1. The van der Waals surface area contributed by atoms with E-state index in [1.165, 1.54) is 6.08 Å². The Morgan fingerprint density at radius 2 is 2.00 bits per heavy atom. The number of para-hydroxylation sites is 1. The molecule has 2 aromatic carbocycles. The smallest absolute Gasteiger partial charge is 0.331 e. The van der Waals surface area contributed by atoms with E-state index in [0.29, 0.717) is 29.0 Å². The van der Waals surface area contributed by atoms with Gasteiger partial charge >= 0.3 is 5.97 Å². The van der Waals surface area contributed by atoms with E-state index in [2.05, 4.69) is 9.97 Å². The molecule has 7 nitrogen and oxygen atoms in total. The Morgan fingerprint density at radius 3 is 2.76 bits per heavy atom. The number of carbonyl (C=O) groups excluding carboxylic acids is 1. The van der Waals surface area contributed by atoms with Crippen LogP contribution in [0.25, 0.3) is 17.0 Å². The summed E-state index contributed by atoms with van der Waals surface area (Å²) in [4.78, 5) is 31.4. The first-order chi connectivity index (χ1) is 14.0. The number of benzene rings is 2. The lowest BCUT2D eigenvalue weighted by atomic mass is 10.2. The summed E-state index contributed by atoms with van der Waals surface area (Å²) in [5.74, 6) is 0.947. The van der Waals surface area contributed by atoms with Crippen molar-refractivity contribution in [3.05, 3.63) is 70.3 Å². The number of esters is 1. The summed E-state index contributed by atoms with van der Waals surface area (Å²) < 4.78 is 16.1. The van der Waals surface area contributed by atoms with Crippen molar-refractivity contribution in [1.82, 2.24) is 9.97 Å². The van der Waals surface area contributed by atoms with Gasteiger partial charge in [-0.25, -0.2) is 9.78 Å². The molecule has 3 aromatic rings. The minimum atomic E-state index is -0.709. The van der Waals surface area contributed by atoms with Gasteiger partial charge in [-0.2, -0.15) is 0 Å². The van der Waals surface area contributed by atoms with Gasteiger partial charge < -0.3 is 19.2 Å². The number of hydrogen-bond acceptors (Lipinski definition) is 6. The second-order valence-corrected chi connectivity index (χ2v) is 6.22. The first kappa shape index (κ1) is 20.1. The number of methoxy groups -OCH3 is 1. The van der Waals surface area contributed by atoms with Crippen LogP contribution in [-0.2, 0) is 9.53 Å². The van der Waals surface area contributed by atoms with E-state index < -0.39 is 12.1 Å². The first-order valence-electron chi connectivity index (χ1n) is 9.20. The van der Waals surface area contributed by atoms with Gasteiger partial charge in [-0.3, -0.25) is 4.79 Å². The average Bonchev–Trinajstić information content (AvgIpc) is 2.73. The van der Waals surface area contributed by atoms with E-state index in [9.17, 15) is 9.59 Å². The van der Waals surface area contributed by atoms with Crippen molar-refractivity contribution in [2.24, 2.45) is 0 Å². The van der Waals surface area contributed by atoms with Gasteiger partial charge in [0, 0.05) is 6.08 Å². The summed E-state index contributed by atoms with van der Waals surface area (Å²) in [6.07, 6.45) is 2.22. The molecule has 1 N–H and O–H groups in total. The van der Waals surface area contributed by atoms with Crippen LogP contribution in [0, 0.1) is 0 Å². The Kier molecular flexibility index (Phi) is 6.29. The lowest BCUT2D eigenvalue weighted by Crippen LogP contribution is -2.16. The fraction of sp³-hybridized carbons (Fsp3) is 0.227. The Morgan fingerprint density at radius 1 is 1.21 bits per heavy atom. The maximum atomic E-state index is 12.2. The number of ether oxygens (including phenoxy) is 3. The third-order valence-corrected chi connectivity index (χ3v) is 4.21. The van der Waals surface area contributed by atoms with Gasteiger partial charge in [0.15, 0.2) is 23.4 Å². The van der Waals surface area contributed by atoms with Crippen molar-refractivity contribution in [1.29, 1.82) is 0 Å². The molecule has 1 heterocycles. The van der Waals surface area contributed by atoms with Crippen molar-refractivity contribution in [3.8, 4) is 11.5 Å². The number of fused-ring (bicyclic) bond motifs is 1. The molecule has 3 rings (SSSR count). The van der Waals surface area contributed by atoms with Crippen molar-refractivity contribution in [3.63, 3.8) is 0 Å². The Labute approximate surface area is 168 Å². The highest BCUT2D eigenvalue weighted by Crippen LogP contribution is 2.28. The summed E-state index contributed by atoms with van der Waals surface area (Å²) >= 11 is 0. The molecule has 0 amide bonds. The predicted octanol–water partition coefficient (Wildman–Crippen LogP) is 3.65. The third kappa shape index (κ3) is 4.82. The molecular formula is C22H22N2O5. The van der Waals surface area contributed by atoms with E-state index in [-0.39, 0.29) is 11.4 Å². The quantitative estimate of drug-likeness (QED) is 0.486. The molecule has 0 fully saturated rings. The van der Waals surface area contributed by atoms with Crippen LogP contribution in [0.1, 0.15) is 31.3 Å². The predicted molar refractivity (Wildman–Crippen MR) is 110 cm³/mol. The molecule has 7 heteroatoms. The minimum absolute atomic E-state index is 0.273. The minimum Gasteiger partial charge on any atom is -0.493 e. The van der Waals surface area contributed by atoms with Crippen LogP contribution in [-0.4, -0.2) is 29.7 Å². The van der Waals surface area contributed by atoms with Crippen LogP contribution in [0.15, 0.2) is 53.3 Å². The van der Waals surface area contributed by atoms with Crippen molar-refractivity contribution in [2.45, 2.75) is 20.0 Å². The Balaban J connectivity index is 1.71. The van der Waals surface area contributed by atoms with Crippen LogP contribution in [0.5, 0.6) is 11.5 Å². The van der Waals surface area contributed by atoms with Crippen LogP contribution in [0.3, 0.4) is 0 Å². The second kappa shape index (κ2) is 9.05. The van der Waals surface area contributed by atoms with Gasteiger partial charge in [0.05, 0.1) is 24.6 Å². The number of nitrogens with zero attached hydrogens (tertiary/aromatic N) is 1. The van der Waals surface area contributed by atoms with Gasteiger partial charge in [0.25, 0.3) is 5.56 Å². The SMILES string of the molecule is CCOc1ccc(/C=C/C(=O)O[C@H](C)c2nc3ccccc3c(=O)[nH]2)cc1OC. The third-order valence-electron chi connectivity index (χ3n) is 4.21. The molecule has 0 spiro atoms. The zero-order chi connectivity index (χ0) is 20.8. The number of H-pyrrole nitrogens is 1. The normalized spacial score (nSPS) is 12.1. The zero-order valence-corrected chi connectivity index (χ0v) is 16.5. The Bertz CT molecular complexity index is 1100. The summed E-state index contributed by atoms with van der Waals surface area (Å²) in [6, 6.07) is 12.3. The van der Waals surface area contributed by atoms with Crippen molar-refractivity contribution < 1.29 is 19.0 Å². The molecule has 0 radical (unpaired) electrons. The van der Waals surface area contributed by atoms with Crippen LogP contribution < -0.4 is 15.0 Å². The number of carbonyl (C=O) groups is 1. The topological polar surface area (TPSA) is 90.5 Å². The lowest BCUT2D eigenvalue weighted by molar-refractivity contribution is -0.142. The Hall–Kier alpha value is -3.61. The number of aromatic amines is 1. The molecule has 0 aliphatic rings. The zero-order valence-electron chi connectivity index (χ0n) is 16.5. The van der Waals surface area contributed by atoms with Crippen molar-refractivity contribution >= 4 is 22.9 Å². The first-order valence-corrected chi connectivity index (χ1v) is 9.20. The largest absolute Gasteiger partial charge is 0.493 e. The molecule has 1 atom stereocenters. The van der Waals surface area contributed by atoms with Gasteiger partial charge in [0.1, 0.15) is 0 Å². The van der Waals surface area contributed by atoms with E-state index >= 15 is 0 Å². The molecule has 0 saturated carbocycles. The van der Waals surface area contributed by atoms with E-state index in [0.717, 1.165) is 5.56 Å². The molecule has 0 saturated heterocycles. The summed E-state index contributed by atoms with van der Waals surface area (Å²) in [7, 11) is 1.55. The maximum Gasteiger partial charge on any atom is 0.331 e. The van der Waals surface area contributed by atoms with Crippen LogP contribution >= 0.6 is 0 Å². The number of rotatable bonds is 7. The monoisotopic (exact) mass is 394 g/mol. The average molecular weight is 394 g/mol. The molecule has 0 aliphatic carbocycles. The van der Waals surface area contributed by atoms with Crippen LogP contribution in [0.2, 0.25) is 0 Å². The number of nitrogens with one attached hydrogen (secondary N) is 1. The van der Waals surface area contributed by atoms with Crippen molar-refractivity contribution in [2.75, 3.05) is 13.7 Å². The highest BCUT2D eigenvalue weighted by molar-refractivity contribution is 5.87. The van der Waals surface area contributed by atoms with Gasteiger partial charge in [0.2, 0.25) is 0 Å². The lowest BCUT2D eigenvalue weighted by Gasteiger charge is -2.12. The molecule has 0 unspecified atom stereocenters. The highest BCUT2D eigenvalue weighted by Gasteiger charge is 2.14. The molecule has 0 bridgehead atoms. The molecule has 29 heavy (non-hydrogen) atoms. The second-order valence-electron chi connectivity index (χ2n) is 6.22. The molecule has 1 aromatic heterocycles. The van der Waals surface area contributed by atoms with E-state index in [4.69, 9.17) is 14.2 Å². The summed E-state index contributed by atoms with van der Waals surface area (Å²) in [6.45, 7) is 4.07. The summed E-state index contributed by atoms with van der Waals surface area (Å²) in [5, 5.41) is 0.485. The molecule has 150 valence electrons. The maximum absolute atomic E-state index is 12.2. The van der Waals surface area contributed by atoms with Gasteiger partial charge in [-0.05, 0) is 49.8 Å². The highest BCUT2D eigenvalue weighted by atomic mass is 16.5. The van der Waals surface area contributed by atoms with E-state index in [1.54, 1.807) is 56.5 Å². The van der Waals surface area contributed by atoms with Crippen LogP contribution in [0.4, 0.5) is 0 Å². The number of aromatic nitrogens is 2. The van der Waals surface area contributed by atoms with Gasteiger partial charge in [-0.15, -0.1) is 0 Å².